The van der Waals surface area contributed by atoms with Gasteiger partial charge in [0.25, 0.3) is 5.91 Å². The van der Waals surface area contributed by atoms with Gasteiger partial charge in [-0.1, -0.05) is 24.6 Å². The first kappa shape index (κ1) is 19.1. The van der Waals surface area contributed by atoms with Gasteiger partial charge in [-0.25, -0.2) is 0 Å². The number of hydrogen-bond acceptors (Lipinski definition) is 2. The van der Waals surface area contributed by atoms with E-state index < -0.39 is 23.8 Å². The molecular formula is C18H17ClF3NO2. The summed E-state index contributed by atoms with van der Waals surface area (Å²) < 4.78 is 43.9. The number of rotatable bonds is 5. The number of ether oxygens (including phenoxy) is 1. The molecule has 25 heavy (non-hydrogen) atoms. The fourth-order valence-electron chi connectivity index (χ4n) is 2.17. The summed E-state index contributed by atoms with van der Waals surface area (Å²) >= 11 is 5.95. The Kier molecular flexibility index (Phi) is 5.95. The van der Waals surface area contributed by atoms with Crippen LogP contribution in [0.3, 0.4) is 0 Å². The van der Waals surface area contributed by atoms with E-state index in [9.17, 15) is 18.0 Å². The molecule has 0 fully saturated rings. The van der Waals surface area contributed by atoms with Crippen LogP contribution in [0, 0.1) is 6.92 Å². The monoisotopic (exact) mass is 371 g/mol. The first-order valence-corrected chi connectivity index (χ1v) is 7.99. The summed E-state index contributed by atoms with van der Waals surface area (Å²) in [6, 6.07) is 9.45. The quantitative estimate of drug-likeness (QED) is 0.757. The van der Waals surface area contributed by atoms with Crippen LogP contribution in [0.2, 0.25) is 5.02 Å². The van der Waals surface area contributed by atoms with Gasteiger partial charge in [-0.05, 0) is 55.3 Å². The van der Waals surface area contributed by atoms with Crippen molar-refractivity contribution in [2.45, 2.75) is 32.5 Å². The molecule has 0 spiro atoms. The van der Waals surface area contributed by atoms with Gasteiger partial charge in [0.2, 0.25) is 0 Å². The molecule has 2 rings (SSSR count). The van der Waals surface area contributed by atoms with Gasteiger partial charge < -0.3 is 10.1 Å². The molecule has 134 valence electrons. The van der Waals surface area contributed by atoms with Crippen LogP contribution < -0.4 is 10.1 Å². The standard InChI is InChI=1S/C18H17ClF3NO2/c1-3-16(25-14-7-8-15(19)11(2)9-14)17(24)23-13-6-4-5-12(10-13)18(20,21)22/h4-10,16H,3H2,1-2H3,(H,23,24)/t16-/m1/s1. The SMILES string of the molecule is CC[C@@H](Oc1ccc(Cl)c(C)c1)C(=O)Nc1cccc(C(F)(F)F)c1. The molecule has 0 radical (unpaired) electrons. The van der Waals surface area contributed by atoms with Crippen LogP contribution in [-0.4, -0.2) is 12.0 Å². The molecule has 0 unspecified atom stereocenters. The third-order valence-corrected chi connectivity index (χ3v) is 3.95. The van der Waals surface area contributed by atoms with Gasteiger partial charge in [-0.15, -0.1) is 0 Å². The Hall–Kier alpha value is -2.21. The number of benzene rings is 2. The number of aryl methyl sites for hydroxylation is 1. The molecular weight excluding hydrogens is 355 g/mol. The Bertz CT molecular complexity index is 762. The minimum absolute atomic E-state index is 0.0640. The lowest BCUT2D eigenvalue weighted by atomic mass is 10.2. The molecule has 1 atom stereocenters. The first-order valence-electron chi connectivity index (χ1n) is 7.61. The number of nitrogens with one attached hydrogen (secondary N) is 1. The molecule has 0 aliphatic heterocycles. The molecule has 0 aromatic heterocycles. The second kappa shape index (κ2) is 7.78. The summed E-state index contributed by atoms with van der Waals surface area (Å²) in [5, 5.41) is 3.04. The van der Waals surface area contributed by atoms with Gasteiger partial charge in [0.15, 0.2) is 6.10 Å². The van der Waals surface area contributed by atoms with Crippen molar-refractivity contribution in [1.29, 1.82) is 0 Å². The third kappa shape index (κ3) is 5.13. The van der Waals surface area contributed by atoms with Crippen LogP contribution in [0.1, 0.15) is 24.5 Å². The second-order valence-electron chi connectivity index (χ2n) is 5.49. The van der Waals surface area contributed by atoms with Gasteiger partial charge >= 0.3 is 6.18 Å². The smallest absolute Gasteiger partial charge is 0.416 e. The van der Waals surface area contributed by atoms with Crippen LogP contribution >= 0.6 is 11.6 Å². The Morgan fingerprint density at radius 2 is 1.96 bits per heavy atom. The van der Waals surface area contributed by atoms with Gasteiger partial charge in [-0.2, -0.15) is 13.2 Å². The highest BCUT2D eigenvalue weighted by Gasteiger charge is 2.30. The van der Waals surface area contributed by atoms with Crippen molar-refractivity contribution < 1.29 is 22.7 Å². The molecule has 0 bridgehead atoms. The van der Waals surface area contributed by atoms with E-state index >= 15 is 0 Å². The molecule has 2 aromatic rings. The molecule has 7 heteroatoms. The Morgan fingerprint density at radius 3 is 2.56 bits per heavy atom. The Labute approximate surface area is 148 Å². The third-order valence-electron chi connectivity index (χ3n) is 3.53. The molecule has 0 saturated heterocycles. The van der Waals surface area contributed by atoms with Crippen molar-refractivity contribution in [3.8, 4) is 5.75 Å². The Morgan fingerprint density at radius 1 is 1.24 bits per heavy atom. The van der Waals surface area contributed by atoms with E-state index in [0.29, 0.717) is 17.2 Å². The van der Waals surface area contributed by atoms with Gasteiger partial charge in [0.1, 0.15) is 5.75 Å². The van der Waals surface area contributed by atoms with Gasteiger partial charge in [-0.3, -0.25) is 4.79 Å². The zero-order chi connectivity index (χ0) is 18.6. The highest BCUT2D eigenvalue weighted by molar-refractivity contribution is 6.31. The largest absolute Gasteiger partial charge is 0.481 e. The van der Waals surface area contributed by atoms with E-state index in [1.807, 2.05) is 0 Å². The minimum atomic E-state index is -4.47. The predicted octanol–water partition coefficient (Wildman–Crippen LogP) is 5.46. The summed E-state index contributed by atoms with van der Waals surface area (Å²) in [7, 11) is 0. The molecule has 0 saturated carbocycles. The molecule has 3 nitrogen and oxygen atoms in total. The van der Waals surface area contributed by atoms with Crippen molar-refractivity contribution in [3.63, 3.8) is 0 Å². The first-order chi connectivity index (χ1) is 11.7. The Balaban J connectivity index is 2.11. The lowest BCUT2D eigenvalue weighted by molar-refractivity contribution is -0.137. The highest BCUT2D eigenvalue weighted by atomic mass is 35.5. The number of hydrogen-bond donors (Lipinski definition) is 1. The lowest BCUT2D eigenvalue weighted by Crippen LogP contribution is -2.32. The molecule has 1 N–H and O–H groups in total. The summed E-state index contributed by atoms with van der Waals surface area (Å²) in [5.74, 6) is -0.0534. The van der Waals surface area contributed by atoms with Crippen LogP contribution in [-0.2, 0) is 11.0 Å². The maximum atomic E-state index is 12.7. The van der Waals surface area contributed by atoms with E-state index in [-0.39, 0.29) is 5.69 Å². The van der Waals surface area contributed by atoms with Crippen LogP contribution in [0.4, 0.5) is 18.9 Å². The van der Waals surface area contributed by atoms with Crippen LogP contribution in [0.15, 0.2) is 42.5 Å². The van der Waals surface area contributed by atoms with Crippen LogP contribution in [0.25, 0.3) is 0 Å². The van der Waals surface area contributed by atoms with Crippen LogP contribution in [0.5, 0.6) is 5.75 Å². The van der Waals surface area contributed by atoms with E-state index in [0.717, 1.165) is 17.7 Å². The molecule has 2 aromatic carbocycles. The van der Waals surface area contributed by atoms with E-state index in [4.69, 9.17) is 16.3 Å². The number of carbonyl (C=O) groups excluding carboxylic acids is 1. The molecule has 1 amide bonds. The predicted molar refractivity (Wildman–Crippen MR) is 91.0 cm³/mol. The summed E-state index contributed by atoms with van der Waals surface area (Å²) in [6.45, 7) is 3.55. The van der Waals surface area contributed by atoms with Crippen molar-refractivity contribution in [2.75, 3.05) is 5.32 Å². The number of anilines is 1. The zero-order valence-electron chi connectivity index (χ0n) is 13.7. The fourth-order valence-corrected chi connectivity index (χ4v) is 2.29. The van der Waals surface area contributed by atoms with E-state index in [1.165, 1.54) is 12.1 Å². The van der Waals surface area contributed by atoms with Crippen molar-refractivity contribution in [3.05, 3.63) is 58.6 Å². The normalized spacial score (nSPS) is 12.6. The topological polar surface area (TPSA) is 38.3 Å². The average molecular weight is 372 g/mol. The highest BCUT2D eigenvalue weighted by Crippen LogP contribution is 2.30. The second-order valence-corrected chi connectivity index (χ2v) is 5.90. The number of carbonyl (C=O) groups is 1. The number of alkyl halides is 3. The summed E-state index contributed by atoms with van der Waals surface area (Å²) in [5.41, 5.74) is 0.0362. The summed E-state index contributed by atoms with van der Waals surface area (Å²) in [4.78, 5) is 12.3. The van der Waals surface area contributed by atoms with E-state index in [2.05, 4.69) is 5.32 Å². The molecule has 0 aliphatic rings. The van der Waals surface area contributed by atoms with Crippen molar-refractivity contribution >= 4 is 23.2 Å². The minimum Gasteiger partial charge on any atom is -0.481 e. The lowest BCUT2D eigenvalue weighted by Gasteiger charge is -2.18. The van der Waals surface area contributed by atoms with E-state index in [1.54, 1.807) is 32.0 Å². The number of amides is 1. The summed E-state index contributed by atoms with van der Waals surface area (Å²) in [6.07, 6.45) is -4.95. The maximum Gasteiger partial charge on any atom is 0.416 e. The fraction of sp³-hybridized carbons (Fsp3) is 0.278. The average Bonchev–Trinajstić information content (AvgIpc) is 2.55. The maximum absolute atomic E-state index is 12.7. The number of halogens is 4. The molecule has 0 aliphatic carbocycles. The van der Waals surface area contributed by atoms with Crippen molar-refractivity contribution in [2.24, 2.45) is 0 Å². The molecule has 0 heterocycles. The van der Waals surface area contributed by atoms with Gasteiger partial charge in [0, 0.05) is 10.7 Å². The van der Waals surface area contributed by atoms with Crippen molar-refractivity contribution in [1.82, 2.24) is 0 Å². The van der Waals surface area contributed by atoms with Gasteiger partial charge in [0.05, 0.1) is 5.56 Å². The zero-order valence-corrected chi connectivity index (χ0v) is 14.4.